The SMILES string of the molecule is Cc1ccc(C(=O)O)c(-c2cn(-c3ccccc3)nc2OCCNc2ncnc(C)c2Cl)c1. The van der Waals surface area contributed by atoms with Crippen molar-refractivity contribution in [2.45, 2.75) is 13.8 Å². The molecule has 8 nitrogen and oxygen atoms in total. The van der Waals surface area contributed by atoms with E-state index in [4.69, 9.17) is 16.3 Å². The molecule has 9 heteroatoms. The van der Waals surface area contributed by atoms with Crippen LogP contribution in [0.5, 0.6) is 5.88 Å². The van der Waals surface area contributed by atoms with Crippen LogP contribution < -0.4 is 10.1 Å². The molecule has 4 aromatic rings. The third-order valence-corrected chi connectivity index (χ3v) is 5.45. The number of benzene rings is 2. The minimum Gasteiger partial charge on any atom is -0.478 e. The van der Waals surface area contributed by atoms with Gasteiger partial charge in [0.05, 0.1) is 29.1 Å². The Bertz CT molecular complexity index is 1290. The average molecular weight is 464 g/mol. The number of halogens is 1. The molecular formula is C24H22ClN5O3. The molecule has 0 unspecified atom stereocenters. The summed E-state index contributed by atoms with van der Waals surface area (Å²) in [6.07, 6.45) is 3.22. The Morgan fingerprint density at radius 3 is 2.67 bits per heavy atom. The van der Waals surface area contributed by atoms with Crippen molar-refractivity contribution in [1.29, 1.82) is 0 Å². The lowest BCUT2D eigenvalue weighted by Crippen LogP contribution is -2.14. The zero-order valence-electron chi connectivity index (χ0n) is 18.1. The highest BCUT2D eigenvalue weighted by Crippen LogP contribution is 2.33. The smallest absolute Gasteiger partial charge is 0.336 e. The Morgan fingerprint density at radius 1 is 1.12 bits per heavy atom. The van der Waals surface area contributed by atoms with Crippen LogP contribution >= 0.6 is 11.6 Å². The molecule has 0 spiro atoms. The summed E-state index contributed by atoms with van der Waals surface area (Å²) >= 11 is 6.23. The van der Waals surface area contributed by atoms with E-state index < -0.39 is 5.97 Å². The minimum atomic E-state index is -1.01. The van der Waals surface area contributed by atoms with Gasteiger partial charge in [0.2, 0.25) is 5.88 Å². The Labute approximate surface area is 195 Å². The molecule has 0 atom stereocenters. The van der Waals surface area contributed by atoms with Gasteiger partial charge in [-0.2, -0.15) is 0 Å². The highest BCUT2D eigenvalue weighted by molar-refractivity contribution is 6.33. The van der Waals surface area contributed by atoms with Gasteiger partial charge in [0, 0.05) is 11.8 Å². The van der Waals surface area contributed by atoms with Crippen molar-refractivity contribution in [3.63, 3.8) is 0 Å². The van der Waals surface area contributed by atoms with Gasteiger partial charge in [0.25, 0.3) is 0 Å². The Hall–Kier alpha value is -3.91. The maximum absolute atomic E-state index is 11.9. The van der Waals surface area contributed by atoms with Gasteiger partial charge in [-0.3, -0.25) is 0 Å². The quantitative estimate of drug-likeness (QED) is 0.362. The number of aryl methyl sites for hydroxylation is 2. The number of aromatic carboxylic acids is 1. The summed E-state index contributed by atoms with van der Waals surface area (Å²) in [5, 5.41) is 17.9. The number of para-hydroxylation sites is 1. The van der Waals surface area contributed by atoms with Crippen LogP contribution in [0.1, 0.15) is 21.6 Å². The van der Waals surface area contributed by atoms with Gasteiger partial charge in [-0.25, -0.2) is 19.4 Å². The fourth-order valence-electron chi connectivity index (χ4n) is 3.33. The van der Waals surface area contributed by atoms with Gasteiger partial charge in [-0.1, -0.05) is 47.5 Å². The number of rotatable bonds is 8. The fraction of sp³-hybridized carbons (Fsp3) is 0.167. The summed E-state index contributed by atoms with van der Waals surface area (Å²) in [5.41, 5.74) is 3.76. The van der Waals surface area contributed by atoms with Gasteiger partial charge < -0.3 is 15.2 Å². The van der Waals surface area contributed by atoms with Crippen LogP contribution in [0.4, 0.5) is 5.82 Å². The monoisotopic (exact) mass is 463 g/mol. The molecule has 0 aliphatic heterocycles. The number of carboxylic acid groups (broad SMARTS) is 1. The molecule has 0 radical (unpaired) electrons. The molecular weight excluding hydrogens is 442 g/mol. The molecule has 2 aromatic carbocycles. The van der Waals surface area contributed by atoms with Crippen molar-refractivity contribution in [2.75, 3.05) is 18.5 Å². The molecule has 168 valence electrons. The maximum Gasteiger partial charge on any atom is 0.336 e. The van der Waals surface area contributed by atoms with Crippen LogP contribution in [0.25, 0.3) is 16.8 Å². The van der Waals surface area contributed by atoms with E-state index in [1.54, 1.807) is 29.9 Å². The molecule has 33 heavy (non-hydrogen) atoms. The lowest BCUT2D eigenvalue weighted by molar-refractivity contribution is 0.0697. The number of hydrogen-bond donors (Lipinski definition) is 2. The first-order valence-electron chi connectivity index (χ1n) is 10.3. The van der Waals surface area contributed by atoms with Gasteiger partial charge in [-0.15, -0.1) is 5.10 Å². The molecule has 2 heterocycles. The number of aromatic nitrogens is 4. The van der Waals surface area contributed by atoms with Gasteiger partial charge in [0.1, 0.15) is 23.8 Å². The van der Waals surface area contributed by atoms with Crippen molar-refractivity contribution in [3.8, 4) is 22.7 Å². The molecule has 0 saturated heterocycles. The van der Waals surface area contributed by atoms with E-state index in [1.807, 2.05) is 43.3 Å². The highest BCUT2D eigenvalue weighted by atomic mass is 35.5. The molecule has 0 saturated carbocycles. The zero-order chi connectivity index (χ0) is 23.4. The summed E-state index contributed by atoms with van der Waals surface area (Å²) in [4.78, 5) is 20.1. The molecule has 0 aliphatic rings. The van der Waals surface area contributed by atoms with Crippen molar-refractivity contribution in [2.24, 2.45) is 0 Å². The summed E-state index contributed by atoms with van der Waals surface area (Å²) in [5.74, 6) is -0.160. The molecule has 4 rings (SSSR count). The molecule has 0 fully saturated rings. The first-order valence-corrected chi connectivity index (χ1v) is 10.6. The highest BCUT2D eigenvalue weighted by Gasteiger charge is 2.20. The van der Waals surface area contributed by atoms with E-state index in [0.29, 0.717) is 40.1 Å². The Balaban J connectivity index is 1.63. The predicted octanol–water partition coefficient (Wildman–Crippen LogP) is 4.79. The first-order chi connectivity index (χ1) is 15.9. The molecule has 2 aromatic heterocycles. The standard InChI is InChI=1S/C24H22ClN5O3/c1-15-8-9-18(24(31)32)19(12-15)20-13-30(17-6-4-3-5-7-17)29-23(20)33-11-10-26-22-21(25)16(2)27-14-28-22/h3-9,12-14H,10-11H2,1-2H3,(H,31,32)(H,26,27,28). The predicted molar refractivity (Wildman–Crippen MR) is 126 cm³/mol. The number of nitrogens with zero attached hydrogens (tertiary/aromatic N) is 4. The normalized spacial score (nSPS) is 10.8. The van der Waals surface area contributed by atoms with E-state index in [2.05, 4.69) is 20.4 Å². The number of nitrogens with one attached hydrogen (secondary N) is 1. The van der Waals surface area contributed by atoms with Gasteiger partial charge >= 0.3 is 5.97 Å². The Morgan fingerprint density at radius 2 is 1.91 bits per heavy atom. The summed E-state index contributed by atoms with van der Waals surface area (Å²) in [6, 6.07) is 14.7. The molecule has 2 N–H and O–H groups in total. The van der Waals surface area contributed by atoms with E-state index in [0.717, 1.165) is 11.3 Å². The van der Waals surface area contributed by atoms with E-state index >= 15 is 0 Å². The number of hydrogen-bond acceptors (Lipinski definition) is 6. The lowest BCUT2D eigenvalue weighted by Gasteiger charge is -2.10. The topological polar surface area (TPSA) is 102 Å². The molecule has 0 aliphatic carbocycles. The van der Waals surface area contributed by atoms with Crippen molar-refractivity contribution < 1.29 is 14.6 Å². The number of carboxylic acids is 1. The maximum atomic E-state index is 11.9. The second kappa shape index (κ2) is 9.70. The third-order valence-electron chi connectivity index (χ3n) is 4.99. The molecule has 0 bridgehead atoms. The number of anilines is 1. The Kier molecular flexibility index (Phi) is 6.55. The third kappa shape index (κ3) is 4.96. The van der Waals surface area contributed by atoms with E-state index in [9.17, 15) is 9.90 Å². The van der Waals surface area contributed by atoms with Crippen molar-refractivity contribution >= 4 is 23.4 Å². The average Bonchev–Trinajstić information content (AvgIpc) is 3.24. The van der Waals surface area contributed by atoms with Crippen LogP contribution in [0.2, 0.25) is 5.02 Å². The number of carbonyl (C=O) groups is 1. The summed E-state index contributed by atoms with van der Waals surface area (Å²) in [6.45, 7) is 4.38. The summed E-state index contributed by atoms with van der Waals surface area (Å²) < 4.78 is 7.66. The zero-order valence-corrected chi connectivity index (χ0v) is 18.9. The van der Waals surface area contributed by atoms with Crippen LogP contribution in [0.15, 0.2) is 61.1 Å². The van der Waals surface area contributed by atoms with E-state index in [1.165, 1.54) is 6.33 Å². The second-order valence-electron chi connectivity index (χ2n) is 7.38. The fourth-order valence-corrected chi connectivity index (χ4v) is 3.49. The summed E-state index contributed by atoms with van der Waals surface area (Å²) in [7, 11) is 0. The first kappa shape index (κ1) is 22.3. The van der Waals surface area contributed by atoms with Crippen LogP contribution in [0, 0.1) is 13.8 Å². The molecule has 0 amide bonds. The van der Waals surface area contributed by atoms with Crippen molar-refractivity contribution in [1.82, 2.24) is 19.7 Å². The van der Waals surface area contributed by atoms with Crippen LogP contribution in [0.3, 0.4) is 0 Å². The largest absolute Gasteiger partial charge is 0.478 e. The lowest BCUT2D eigenvalue weighted by atomic mass is 9.99. The van der Waals surface area contributed by atoms with Gasteiger partial charge in [-0.05, 0) is 32.0 Å². The van der Waals surface area contributed by atoms with Crippen LogP contribution in [-0.4, -0.2) is 44.0 Å². The van der Waals surface area contributed by atoms with Gasteiger partial charge in [0.15, 0.2) is 0 Å². The minimum absolute atomic E-state index is 0.180. The number of ether oxygens (including phenoxy) is 1. The van der Waals surface area contributed by atoms with Crippen LogP contribution in [-0.2, 0) is 0 Å². The second-order valence-corrected chi connectivity index (χ2v) is 7.76. The van der Waals surface area contributed by atoms with E-state index in [-0.39, 0.29) is 12.2 Å². The van der Waals surface area contributed by atoms with Crippen molar-refractivity contribution in [3.05, 3.63) is 82.9 Å².